The van der Waals surface area contributed by atoms with Gasteiger partial charge in [-0.25, -0.2) is 5.10 Å². The molecular formula is C8H10N4OS. The summed E-state index contributed by atoms with van der Waals surface area (Å²) in [6.07, 6.45) is 4.66. The van der Waals surface area contributed by atoms with Gasteiger partial charge in [0.05, 0.1) is 11.8 Å². The minimum atomic E-state index is -0.136. The van der Waals surface area contributed by atoms with Crippen molar-refractivity contribution in [2.24, 2.45) is 0 Å². The van der Waals surface area contributed by atoms with Crippen molar-refractivity contribution in [3.8, 4) is 10.6 Å². The van der Waals surface area contributed by atoms with Crippen LogP contribution in [-0.4, -0.2) is 20.0 Å². The second-order valence-electron chi connectivity index (χ2n) is 2.91. The van der Waals surface area contributed by atoms with Crippen molar-refractivity contribution >= 4 is 11.3 Å². The molecular weight excluding hydrogens is 200 g/mol. The van der Waals surface area contributed by atoms with Crippen molar-refractivity contribution < 1.29 is 0 Å². The van der Waals surface area contributed by atoms with E-state index in [-0.39, 0.29) is 4.87 Å². The van der Waals surface area contributed by atoms with Gasteiger partial charge in [-0.3, -0.25) is 9.48 Å². The van der Waals surface area contributed by atoms with E-state index >= 15 is 0 Å². The maximum atomic E-state index is 10.9. The van der Waals surface area contributed by atoms with Gasteiger partial charge in [0.2, 0.25) is 0 Å². The van der Waals surface area contributed by atoms with Crippen molar-refractivity contribution in [2.45, 2.75) is 19.9 Å². The van der Waals surface area contributed by atoms with Crippen molar-refractivity contribution in [2.75, 3.05) is 0 Å². The lowest BCUT2D eigenvalue weighted by molar-refractivity contribution is 0.603. The Morgan fingerprint density at radius 2 is 2.50 bits per heavy atom. The van der Waals surface area contributed by atoms with Crippen LogP contribution in [0.25, 0.3) is 10.6 Å². The summed E-state index contributed by atoms with van der Waals surface area (Å²) in [5.74, 6) is 0. The molecule has 0 aliphatic heterocycles. The number of hydrogen-bond acceptors (Lipinski definition) is 4. The number of H-pyrrole nitrogens is 1. The van der Waals surface area contributed by atoms with Crippen LogP contribution in [0.1, 0.15) is 13.3 Å². The van der Waals surface area contributed by atoms with E-state index in [1.807, 2.05) is 10.9 Å². The maximum absolute atomic E-state index is 10.9. The van der Waals surface area contributed by atoms with Crippen LogP contribution >= 0.6 is 11.3 Å². The first-order valence-electron chi connectivity index (χ1n) is 4.38. The molecule has 0 saturated carbocycles. The Kier molecular flexibility index (Phi) is 2.45. The fraction of sp³-hybridized carbons (Fsp3) is 0.375. The van der Waals surface area contributed by atoms with Crippen molar-refractivity contribution in [3.63, 3.8) is 0 Å². The zero-order chi connectivity index (χ0) is 9.97. The van der Waals surface area contributed by atoms with Crippen LogP contribution in [0, 0.1) is 0 Å². The summed E-state index contributed by atoms with van der Waals surface area (Å²) in [6.45, 7) is 2.98. The summed E-state index contributed by atoms with van der Waals surface area (Å²) >= 11 is 1.10. The number of rotatable bonds is 3. The van der Waals surface area contributed by atoms with E-state index in [1.165, 1.54) is 0 Å². The minimum absolute atomic E-state index is 0.136. The van der Waals surface area contributed by atoms with Gasteiger partial charge in [0, 0.05) is 12.7 Å². The topological polar surface area (TPSA) is 63.6 Å². The van der Waals surface area contributed by atoms with Gasteiger partial charge in [0.1, 0.15) is 0 Å². The molecule has 74 valence electrons. The maximum Gasteiger partial charge on any atom is 0.322 e. The van der Waals surface area contributed by atoms with Crippen molar-refractivity contribution in [3.05, 3.63) is 22.1 Å². The molecule has 2 heterocycles. The molecule has 0 amide bonds. The molecule has 0 atom stereocenters. The summed E-state index contributed by atoms with van der Waals surface area (Å²) in [7, 11) is 0. The zero-order valence-corrected chi connectivity index (χ0v) is 8.54. The van der Waals surface area contributed by atoms with E-state index in [0.717, 1.165) is 29.9 Å². The van der Waals surface area contributed by atoms with E-state index in [9.17, 15) is 4.79 Å². The molecule has 14 heavy (non-hydrogen) atoms. The molecule has 2 aromatic rings. The van der Waals surface area contributed by atoms with Gasteiger partial charge >= 0.3 is 4.87 Å². The highest BCUT2D eigenvalue weighted by Gasteiger charge is 2.05. The Labute approximate surface area is 84.4 Å². The van der Waals surface area contributed by atoms with E-state index in [0.29, 0.717) is 5.01 Å². The third-order valence-electron chi connectivity index (χ3n) is 1.77. The second kappa shape index (κ2) is 3.75. The number of aryl methyl sites for hydroxylation is 1. The Morgan fingerprint density at radius 1 is 1.64 bits per heavy atom. The summed E-state index contributed by atoms with van der Waals surface area (Å²) < 4.78 is 1.85. The lowest BCUT2D eigenvalue weighted by Gasteiger charge is -1.93. The summed E-state index contributed by atoms with van der Waals surface area (Å²) in [5.41, 5.74) is 0.891. The second-order valence-corrected chi connectivity index (χ2v) is 3.87. The number of nitrogens with zero attached hydrogens (tertiary/aromatic N) is 3. The fourth-order valence-electron chi connectivity index (χ4n) is 1.18. The van der Waals surface area contributed by atoms with E-state index in [4.69, 9.17) is 0 Å². The molecule has 5 nitrogen and oxygen atoms in total. The Bertz CT molecular complexity index is 469. The van der Waals surface area contributed by atoms with Gasteiger partial charge in [-0.1, -0.05) is 18.3 Å². The van der Waals surface area contributed by atoms with Gasteiger partial charge < -0.3 is 0 Å². The molecule has 0 saturated heterocycles. The molecule has 0 aliphatic carbocycles. The Morgan fingerprint density at radius 3 is 3.14 bits per heavy atom. The first-order chi connectivity index (χ1) is 6.79. The largest absolute Gasteiger partial charge is 0.322 e. The van der Waals surface area contributed by atoms with E-state index in [2.05, 4.69) is 22.2 Å². The molecule has 6 heteroatoms. The van der Waals surface area contributed by atoms with Gasteiger partial charge in [0.25, 0.3) is 0 Å². The Hall–Kier alpha value is -1.43. The van der Waals surface area contributed by atoms with E-state index < -0.39 is 0 Å². The molecule has 0 aromatic carbocycles. The van der Waals surface area contributed by atoms with E-state index in [1.54, 1.807) is 6.20 Å². The summed E-state index contributed by atoms with van der Waals surface area (Å²) in [4.78, 5) is 10.7. The van der Waals surface area contributed by atoms with Crippen LogP contribution in [0.5, 0.6) is 0 Å². The normalized spacial score (nSPS) is 10.6. The van der Waals surface area contributed by atoms with Crippen LogP contribution in [0.4, 0.5) is 0 Å². The minimum Gasteiger partial charge on any atom is -0.272 e. The molecule has 2 rings (SSSR count). The molecule has 0 bridgehead atoms. The lowest BCUT2D eigenvalue weighted by atomic mass is 10.4. The quantitative estimate of drug-likeness (QED) is 0.825. The molecule has 0 spiro atoms. The smallest absolute Gasteiger partial charge is 0.272 e. The van der Waals surface area contributed by atoms with Crippen molar-refractivity contribution in [1.82, 2.24) is 20.0 Å². The van der Waals surface area contributed by atoms with Crippen LogP contribution in [0.15, 0.2) is 17.2 Å². The fourth-order valence-corrected chi connectivity index (χ4v) is 1.76. The van der Waals surface area contributed by atoms with Gasteiger partial charge in [0.15, 0.2) is 5.01 Å². The zero-order valence-electron chi connectivity index (χ0n) is 7.73. The first kappa shape index (κ1) is 9.14. The molecule has 1 N–H and O–H groups in total. The van der Waals surface area contributed by atoms with Crippen LogP contribution < -0.4 is 4.87 Å². The van der Waals surface area contributed by atoms with Crippen molar-refractivity contribution in [1.29, 1.82) is 0 Å². The number of aromatic amines is 1. The van der Waals surface area contributed by atoms with Gasteiger partial charge in [-0.05, 0) is 6.42 Å². The standard InChI is InChI=1S/C8H10N4OS/c1-2-3-12-5-6(4-9-12)7-10-11-8(13)14-7/h4-5H,2-3H2,1H3,(H,11,13). The lowest BCUT2D eigenvalue weighted by Crippen LogP contribution is -1.95. The Balaban J connectivity index is 2.28. The van der Waals surface area contributed by atoms with Crippen LogP contribution in [0.3, 0.4) is 0 Å². The first-order valence-corrected chi connectivity index (χ1v) is 5.19. The SMILES string of the molecule is CCCn1cc(-c2n[nH]c(=O)s2)cn1. The highest BCUT2D eigenvalue weighted by atomic mass is 32.1. The molecule has 0 radical (unpaired) electrons. The molecule has 0 fully saturated rings. The van der Waals surface area contributed by atoms with Crippen LogP contribution in [-0.2, 0) is 6.54 Å². The average Bonchev–Trinajstić information content (AvgIpc) is 2.74. The molecule has 0 aliphatic rings. The summed E-state index contributed by atoms with van der Waals surface area (Å²) in [6, 6.07) is 0. The molecule has 2 aromatic heterocycles. The number of nitrogens with one attached hydrogen (secondary N) is 1. The summed E-state index contributed by atoms with van der Waals surface area (Å²) in [5, 5.41) is 11.1. The van der Waals surface area contributed by atoms with Crippen LogP contribution in [0.2, 0.25) is 0 Å². The number of aromatic nitrogens is 4. The highest BCUT2D eigenvalue weighted by molar-refractivity contribution is 7.12. The monoisotopic (exact) mass is 210 g/mol. The average molecular weight is 210 g/mol. The third-order valence-corrected chi connectivity index (χ3v) is 2.57. The third kappa shape index (κ3) is 1.74. The predicted molar refractivity (Wildman–Crippen MR) is 54.2 cm³/mol. The number of hydrogen-bond donors (Lipinski definition) is 1. The van der Waals surface area contributed by atoms with Gasteiger partial charge in [-0.15, -0.1) is 0 Å². The molecule has 0 unspecified atom stereocenters. The highest BCUT2D eigenvalue weighted by Crippen LogP contribution is 2.16. The van der Waals surface area contributed by atoms with Gasteiger partial charge in [-0.2, -0.15) is 10.2 Å². The predicted octanol–water partition coefficient (Wildman–Crippen LogP) is 1.10.